The Balaban J connectivity index is 1.80. The van der Waals surface area contributed by atoms with Gasteiger partial charge in [-0.2, -0.15) is 0 Å². The largest absolute Gasteiger partial charge is 0.480 e. The predicted octanol–water partition coefficient (Wildman–Crippen LogP) is 3.76. The zero-order chi connectivity index (χ0) is 26.0. The van der Waals surface area contributed by atoms with Gasteiger partial charge in [0.15, 0.2) is 11.5 Å². The molecule has 0 radical (unpaired) electrons. The minimum Gasteiger partial charge on any atom is -0.480 e. The maximum Gasteiger partial charge on any atom is 0.323 e. The van der Waals surface area contributed by atoms with Gasteiger partial charge in [-0.15, -0.1) is 0 Å². The van der Waals surface area contributed by atoms with E-state index in [1.165, 1.54) is 20.2 Å². The lowest BCUT2D eigenvalue weighted by Crippen LogP contribution is -2.48. The molecule has 0 amide bonds. The first-order valence-electron chi connectivity index (χ1n) is 11.0. The van der Waals surface area contributed by atoms with E-state index in [-0.39, 0.29) is 18.2 Å². The molecule has 3 aromatic rings. The highest BCUT2D eigenvalue weighted by atomic mass is 35.5. The lowest BCUT2D eigenvalue weighted by atomic mass is 10.1. The van der Waals surface area contributed by atoms with E-state index in [4.69, 9.17) is 22.1 Å². The average molecular weight is 524 g/mol. The van der Waals surface area contributed by atoms with E-state index >= 15 is 0 Å². The topological polar surface area (TPSA) is 148 Å². The van der Waals surface area contributed by atoms with Gasteiger partial charge in [-0.1, -0.05) is 23.7 Å². The summed E-state index contributed by atoms with van der Waals surface area (Å²) in [5.74, 6) is -0.842. The van der Waals surface area contributed by atoms with Crippen LogP contribution in [0, 0.1) is 0 Å². The maximum atomic E-state index is 14.2. The van der Waals surface area contributed by atoms with Crippen LogP contribution < -0.4 is 10.8 Å². The fourth-order valence-corrected chi connectivity index (χ4v) is 6.16. The molecule has 11 nitrogen and oxygen atoms in total. The highest BCUT2D eigenvalue weighted by Crippen LogP contribution is 2.51. The van der Waals surface area contributed by atoms with Gasteiger partial charge >= 0.3 is 5.97 Å². The second kappa shape index (κ2) is 10.6. The third-order valence-corrected chi connectivity index (χ3v) is 8.85. The molecule has 0 fully saturated rings. The van der Waals surface area contributed by atoms with Crippen LogP contribution in [-0.4, -0.2) is 60.3 Å². The molecule has 4 N–H and O–H groups in total. The maximum absolute atomic E-state index is 14.2. The molecule has 2 unspecified atom stereocenters. The first-order chi connectivity index (χ1) is 16.3. The van der Waals surface area contributed by atoms with Crippen molar-refractivity contribution in [1.82, 2.24) is 29.3 Å². The molecule has 3 atom stereocenters. The van der Waals surface area contributed by atoms with Crippen LogP contribution in [0.25, 0.3) is 11.2 Å². The molecule has 0 aliphatic carbocycles. The summed E-state index contributed by atoms with van der Waals surface area (Å²) in [5, 5.41) is 13.1. The minimum absolute atomic E-state index is 0.219. The molecule has 0 saturated carbocycles. The van der Waals surface area contributed by atoms with E-state index in [1.54, 1.807) is 34.7 Å². The van der Waals surface area contributed by atoms with Gasteiger partial charge in [0.25, 0.3) is 0 Å². The molecule has 0 saturated heterocycles. The predicted molar refractivity (Wildman–Crippen MR) is 135 cm³/mol. The van der Waals surface area contributed by atoms with Crippen LogP contribution >= 0.6 is 19.0 Å². The van der Waals surface area contributed by atoms with Crippen molar-refractivity contribution in [2.24, 2.45) is 0 Å². The molecule has 0 bridgehead atoms. The van der Waals surface area contributed by atoms with Crippen LogP contribution in [-0.2, 0) is 20.6 Å². The highest BCUT2D eigenvalue weighted by Gasteiger charge is 2.40. The number of aliphatic carboxylic acids is 1. The number of nitrogen functional groups attached to an aromatic ring is 1. The Morgan fingerprint density at radius 3 is 2.57 bits per heavy atom. The van der Waals surface area contributed by atoms with Crippen molar-refractivity contribution in [1.29, 1.82) is 0 Å². The second-order valence-electron chi connectivity index (χ2n) is 8.98. The Hall–Kier alpha value is -2.56. The van der Waals surface area contributed by atoms with Gasteiger partial charge in [0.1, 0.15) is 23.7 Å². The Morgan fingerprint density at radius 2 is 1.94 bits per heavy atom. The number of halogens is 1. The monoisotopic (exact) mass is 523 g/mol. The molecule has 190 valence electrons. The van der Waals surface area contributed by atoms with E-state index < -0.39 is 25.1 Å². The van der Waals surface area contributed by atoms with Crippen molar-refractivity contribution in [3.8, 4) is 0 Å². The van der Waals surface area contributed by atoms with Crippen LogP contribution in [0.1, 0.15) is 39.3 Å². The van der Waals surface area contributed by atoms with E-state index in [1.807, 2.05) is 26.0 Å². The quantitative estimate of drug-likeness (QED) is 0.317. The van der Waals surface area contributed by atoms with E-state index in [0.717, 1.165) is 5.56 Å². The number of nitrogens with one attached hydrogen (secondary N) is 1. The Kier molecular flexibility index (Phi) is 8.18. The summed E-state index contributed by atoms with van der Waals surface area (Å²) in [6, 6.07) is 6.89. The number of carboxylic acids is 1. The van der Waals surface area contributed by atoms with Gasteiger partial charge in [-0.05, 0) is 52.4 Å². The minimum atomic E-state index is -3.54. The molecule has 35 heavy (non-hydrogen) atoms. The number of hydrogen-bond acceptors (Lipinski definition) is 7. The zero-order valence-electron chi connectivity index (χ0n) is 20.3. The molecule has 2 heterocycles. The van der Waals surface area contributed by atoms with Crippen molar-refractivity contribution in [2.75, 3.05) is 19.1 Å². The number of fused-ring (bicyclic) bond motifs is 1. The van der Waals surface area contributed by atoms with Crippen molar-refractivity contribution in [3.63, 3.8) is 0 Å². The number of anilines is 1. The lowest BCUT2D eigenvalue weighted by molar-refractivity contribution is -0.142. The first-order valence-corrected chi connectivity index (χ1v) is 13.2. The molecule has 0 aliphatic rings. The number of aromatic nitrogens is 4. The van der Waals surface area contributed by atoms with Crippen molar-refractivity contribution < 1.29 is 19.2 Å². The number of benzene rings is 1. The number of carboxylic acid groups (broad SMARTS) is 1. The van der Waals surface area contributed by atoms with E-state index in [2.05, 4.69) is 20.0 Å². The van der Waals surface area contributed by atoms with Crippen LogP contribution in [0.15, 0.2) is 36.9 Å². The summed E-state index contributed by atoms with van der Waals surface area (Å²) in [4.78, 5) is 24.2. The lowest BCUT2D eigenvalue weighted by Gasteiger charge is -2.38. The van der Waals surface area contributed by atoms with Crippen LogP contribution in [0.2, 0.25) is 5.02 Å². The molecule has 13 heteroatoms. The third kappa shape index (κ3) is 6.17. The van der Waals surface area contributed by atoms with E-state index in [0.29, 0.717) is 22.7 Å². The first kappa shape index (κ1) is 27.0. The van der Waals surface area contributed by atoms with Crippen LogP contribution in [0.5, 0.6) is 0 Å². The number of ether oxygens (including phenoxy) is 1. The highest BCUT2D eigenvalue weighted by molar-refractivity contribution is 7.59. The molecule has 3 rings (SSSR count). The van der Waals surface area contributed by atoms with Crippen molar-refractivity contribution >= 4 is 42.0 Å². The normalized spacial score (nSPS) is 15.7. The number of rotatable bonds is 11. The number of nitrogens with two attached hydrogens (primary N) is 1. The van der Waals surface area contributed by atoms with Gasteiger partial charge in [-0.3, -0.25) is 9.36 Å². The fraction of sp³-hybridized carbons (Fsp3) is 0.455. The van der Waals surface area contributed by atoms with Crippen LogP contribution in [0.3, 0.4) is 0 Å². The molecule has 1 aromatic carbocycles. The Labute approximate surface area is 209 Å². The summed E-state index contributed by atoms with van der Waals surface area (Å²) in [5.41, 5.74) is 6.33. The fourth-order valence-electron chi connectivity index (χ4n) is 3.51. The third-order valence-electron chi connectivity index (χ3n) is 5.83. The van der Waals surface area contributed by atoms with Gasteiger partial charge in [-0.25, -0.2) is 24.7 Å². The Morgan fingerprint density at radius 1 is 1.29 bits per heavy atom. The smallest absolute Gasteiger partial charge is 0.323 e. The second-order valence-corrected chi connectivity index (χ2v) is 11.9. The van der Waals surface area contributed by atoms with E-state index in [9.17, 15) is 14.5 Å². The van der Waals surface area contributed by atoms with Crippen LogP contribution in [0.4, 0.5) is 5.82 Å². The summed E-state index contributed by atoms with van der Waals surface area (Å²) in [6.07, 6.45) is 2.34. The summed E-state index contributed by atoms with van der Waals surface area (Å²) < 4.78 is 23.6. The summed E-state index contributed by atoms with van der Waals surface area (Å²) >= 11 is 6.01. The zero-order valence-corrected chi connectivity index (χ0v) is 22.0. The molecular weight excluding hydrogens is 493 g/mol. The molecule has 2 aromatic heterocycles. The SMILES string of the molecule is CC(Cn1cnc2c(N)ncnc21)OCP(=O)(NC(C)(C)C(=O)O)N(C)[C@H](C)c1ccc(Cl)cc1. The molecular formula is C22H31ClN7O4P. The van der Waals surface area contributed by atoms with Crippen molar-refractivity contribution in [3.05, 3.63) is 47.5 Å². The average Bonchev–Trinajstić information content (AvgIpc) is 3.21. The Bertz CT molecular complexity index is 1230. The van der Waals surface area contributed by atoms with Gasteiger partial charge in [0.2, 0.25) is 7.44 Å². The van der Waals surface area contributed by atoms with Gasteiger partial charge in [0.05, 0.1) is 19.0 Å². The summed E-state index contributed by atoms with van der Waals surface area (Å²) in [6.45, 7) is 7.01. The van der Waals surface area contributed by atoms with Crippen molar-refractivity contribution in [2.45, 2.75) is 51.9 Å². The number of imidazole rings is 1. The molecule has 0 aliphatic heterocycles. The standard InChI is InChI=1S/C22H31ClN7O4P/c1-14(10-30-12-27-18-19(24)25-11-26-20(18)30)34-13-35(33,28-22(3,4)21(31)32)29(5)15(2)16-6-8-17(23)9-7-16/h6-9,11-12,14-15H,10,13H2,1-5H3,(H,28,33)(H,31,32)(H2,24,25,26)/t14?,15-,35?/m1/s1. The number of hydrogen-bond donors (Lipinski definition) is 3. The number of nitrogens with zero attached hydrogens (tertiary/aromatic N) is 5. The summed E-state index contributed by atoms with van der Waals surface area (Å²) in [7, 11) is -1.86. The van der Waals surface area contributed by atoms with Gasteiger partial charge in [0, 0.05) is 11.1 Å². The molecule has 0 spiro atoms. The van der Waals surface area contributed by atoms with Gasteiger partial charge < -0.3 is 20.1 Å². The number of carbonyl (C=O) groups is 1.